The van der Waals surface area contributed by atoms with Crippen LogP contribution in [0.4, 0.5) is 5.69 Å². The van der Waals surface area contributed by atoms with Crippen LogP contribution in [0.1, 0.15) is 22.0 Å². The molecule has 0 radical (unpaired) electrons. The molecule has 2 amide bonds. The summed E-state index contributed by atoms with van der Waals surface area (Å²) < 4.78 is 0. The lowest BCUT2D eigenvalue weighted by Gasteiger charge is -2.20. The zero-order chi connectivity index (χ0) is 17.5. The molecule has 126 valence electrons. The van der Waals surface area contributed by atoms with Crippen LogP contribution in [0.2, 0.25) is 0 Å². The summed E-state index contributed by atoms with van der Waals surface area (Å²) in [5.74, 6) is -0.553. The molecule has 0 saturated carbocycles. The van der Waals surface area contributed by atoms with E-state index in [0.717, 1.165) is 0 Å². The maximum absolute atomic E-state index is 12.2. The molecule has 2 rings (SSSR count). The Morgan fingerprint density at radius 1 is 1.21 bits per heavy atom. The Morgan fingerprint density at radius 2 is 1.83 bits per heavy atom. The standard InChI is InChI=1S/C17H20N4O3/c1-21(10-11-22)17(24)15(18)12-2-4-13(5-3-12)16(23)20-14-6-8-19-9-7-14/h2-9,15,22H,10-11,18H2,1H3,(H,19,20,23). The van der Waals surface area contributed by atoms with E-state index in [1.54, 1.807) is 55.8 Å². The number of nitrogens with one attached hydrogen (secondary N) is 1. The highest BCUT2D eigenvalue weighted by Crippen LogP contribution is 2.15. The van der Waals surface area contributed by atoms with Gasteiger partial charge in [-0.3, -0.25) is 14.6 Å². The number of aromatic nitrogens is 1. The number of aliphatic hydroxyl groups excluding tert-OH is 1. The second-order valence-corrected chi connectivity index (χ2v) is 5.27. The van der Waals surface area contributed by atoms with E-state index < -0.39 is 6.04 Å². The number of nitrogens with zero attached hydrogens (tertiary/aromatic N) is 2. The molecule has 4 N–H and O–H groups in total. The molecule has 0 aliphatic heterocycles. The third-order valence-electron chi connectivity index (χ3n) is 3.55. The van der Waals surface area contributed by atoms with Gasteiger partial charge < -0.3 is 21.1 Å². The van der Waals surface area contributed by atoms with Crippen LogP contribution in [0.15, 0.2) is 48.8 Å². The number of pyridine rings is 1. The molecule has 7 heteroatoms. The molecule has 1 atom stereocenters. The first-order valence-electron chi connectivity index (χ1n) is 7.45. The number of nitrogens with two attached hydrogens (primary N) is 1. The minimum atomic E-state index is -0.834. The molecular formula is C17H20N4O3. The van der Waals surface area contributed by atoms with Gasteiger partial charge in [-0.15, -0.1) is 0 Å². The SMILES string of the molecule is CN(CCO)C(=O)C(N)c1ccc(C(=O)Nc2ccncc2)cc1. The molecular weight excluding hydrogens is 308 g/mol. The van der Waals surface area contributed by atoms with Gasteiger partial charge in [0.05, 0.1) is 6.61 Å². The largest absolute Gasteiger partial charge is 0.395 e. The quantitative estimate of drug-likeness (QED) is 0.726. The topological polar surface area (TPSA) is 109 Å². The van der Waals surface area contributed by atoms with E-state index in [2.05, 4.69) is 10.3 Å². The van der Waals surface area contributed by atoms with Gasteiger partial charge in [0, 0.05) is 37.2 Å². The maximum atomic E-state index is 12.2. The third-order valence-corrected chi connectivity index (χ3v) is 3.55. The zero-order valence-corrected chi connectivity index (χ0v) is 13.3. The van der Waals surface area contributed by atoms with Crippen LogP contribution in [0.3, 0.4) is 0 Å². The van der Waals surface area contributed by atoms with Gasteiger partial charge in [0.1, 0.15) is 6.04 Å². The van der Waals surface area contributed by atoms with E-state index in [1.165, 1.54) is 4.90 Å². The molecule has 2 aromatic rings. The predicted molar refractivity (Wildman–Crippen MR) is 90.3 cm³/mol. The highest BCUT2D eigenvalue weighted by Gasteiger charge is 2.19. The highest BCUT2D eigenvalue weighted by molar-refractivity contribution is 6.04. The normalized spacial score (nSPS) is 11.6. The van der Waals surface area contributed by atoms with Crippen LogP contribution in [0.5, 0.6) is 0 Å². The van der Waals surface area contributed by atoms with Crippen LogP contribution in [-0.2, 0) is 4.79 Å². The van der Waals surface area contributed by atoms with Crippen LogP contribution in [0.25, 0.3) is 0 Å². The Morgan fingerprint density at radius 3 is 2.42 bits per heavy atom. The highest BCUT2D eigenvalue weighted by atomic mass is 16.3. The van der Waals surface area contributed by atoms with Crippen LogP contribution in [0, 0.1) is 0 Å². The van der Waals surface area contributed by atoms with Crippen molar-refractivity contribution in [3.63, 3.8) is 0 Å². The summed E-state index contributed by atoms with van der Waals surface area (Å²) in [6, 6.07) is 9.08. The average molecular weight is 328 g/mol. The monoisotopic (exact) mass is 328 g/mol. The van der Waals surface area contributed by atoms with Crippen molar-refractivity contribution < 1.29 is 14.7 Å². The summed E-state index contributed by atoms with van der Waals surface area (Å²) in [6.45, 7) is 0.0992. The summed E-state index contributed by atoms with van der Waals surface area (Å²) in [7, 11) is 1.58. The molecule has 0 fully saturated rings. The molecule has 1 heterocycles. The van der Waals surface area contributed by atoms with Crippen LogP contribution >= 0.6 is 0 Å². The first-order valence-corrected chi connectivity index (χ1v) is 7.45. The Bertz CT molecular complexity index is 689. The third kappa shape index (κ3) is 4.37. The summed E-state index contributed by atoms with van der Waals surface area (Å²) in [5.41, 5.74) is 7.65. The lowest BCUT2D eigenvalue weighted by molar-refractivity contribution is -0.131. The summed E-state index contributed by atoms with van der Waals surface area (Å²) >= 11 is 0. The van der Waals surface area contributed by atoms with Gasteiger partial charge in [-0.2, -0.15) is 0 Å². The van der Waals surface area contributed by atoms with E-state index in [4.69, 9.17) is 10.8 Å². The second kappa shape index (κ2) is 8.19. The van der Waals surface area contributed by atoms with Crippen molar-refractivity contribution in [3.05, 3.63) is 59.9 Å². The minimum absolute atomic E-state index is 0.122. The van der Waals surface area contributed by atoms with E-state index in [9.17, 15) is 9.59 Å². The maximum Gasteiger partial charge on any atom is 0.255 e. The summed E-state index contributed by atoms with van der Waals surface area (Å²) in [5, 5.41) is 11.6. The first kappa shape index (κ1) is 17.6. The number of carbonyl (C=O) groups is 2. The molecule has 1 aromatic heterocycles. The first-order chi connectivity index (χ1) is 11.5. The molecule has 1 aromatic carbocycles. The van der Waals surface area contributed by atoms with Gasteiger partial charge in [0.15, 0.2) is 0 Å². The van der Waals surface area contributed by atoms with Crippen molar-refractivity contribution >= 4 is 17.5 Å². The average Bonchev–Trinajstić information content (AvgIpc) is 2.61. The number of hydrogen-bond acceptors (Lipinski definition) is 5. The van der Waals surface area contributed by atoms with Crippen molar-refractivity contribution in [1.82, 2.24) is 9.88 Å². The number of rotatable bonds is 6. The van der Waals surface area contributed by atoms with Gasteiger partial charge in [-0.05, 0) is 29.8 Å². The van der Waals surface area contributed by atoms with Crippen molar-refractivity contribution in [1.29, 1.82) is 0 Å². The van der Waals surface area contributed by atoms with Gasteiger partial charge in [0.25, 0.3) is 5.91 Å². The van der Waals surface area contributed by atoms with Crippen LogP contribution in [-0.4, -0.2) is 47.0 Å². The number of aliphatic hydroxyl groups is 1. The molecule has 0 aliphatic rings. The molecule has 1 unspecified atom stereocenters. The van der Waals surface area contributed by atoms with Crippen molar-refractivity contribution in [2.75, 3.05) is 25.5 Å². The van der Waals surface area contributed by atoms with Gasteiger partial charge in [-0.25, -0.2) is 0 Å². The molecule has 0 aliphatic carbocycles. The fourth-order valence-electron chi connectivity index (χ4n) is 2.12. The smallest absolute Gasteiger partial charge is 0.255 e. The number of carbonyl (C=O) groups excluding carboxylic acids is 2. The Kier molecular flexibility index (Phi) is 6.00. The fraction of sp³-hybridized carbons (Fsp3) is 0.235. The van der Waals surface area contributed by atoms with Gasteiger partial charge >= 0.3 is 0 Å². The number of benzene rings is 1. The van der Waals surface area contributed by atoms with Gasteiger partial charge in [-0.1, -0.05) is 12.1 Å². The Hall–Kier alpha value is -2.77. The summed E-state index contributed by atoms with van der Waals surface area (Å²) in [4.78, 5) is 29.5. The van der Waals surface area contributed by atoms with E-state index in [-0.39, 0.29) is 25.0 Å². The lowest BCUT2D eigenvalue weighted by Crippen LogP contribution is -2.37. The molecule has 0 saturated heterocycles. The minimum Gasteiger partial charge on any atom is -0.395 e. The predicted octanol–water partition coefficient (Wildman–Crippen LogP) is 0.784. The molecule has 0 spiro atoms. The lowest BCUT2D eigenvalue weighted by atomic mass is 10.0. The molecule has 24 heavy (non-hydrogen) atoms. The number of hydrogen-bond donors (Lipinski definition) is 3. The van der Waals surface area contributed by atoms with E-state index in [1.807, 2.05) is 0 Å². The zero-order valence-electron chi connectivity index (χ0n) is 13.3. The number of anilines is 1. The van der Waals surface area contributed by atoms with Crippen molar-refractivity contribution in [3.8, 4) is 0 Å². The fourth-order valence-corrected chi connectivity index (χ4v) is 2.12. The van der Waals surface area contributed by atoms with Crippen LogP contribution < -0.4 is 11.1 Å². The van der Waals surface area contributed by atoms with E-state index in [0.29, 0.717) is 16.8 Å². The Labute approximate surface area is 140 Å². The number of amides is 2. The molecule has 7 nitrogen and oxygen atoms in total. The Balaban J connectivity index is 2.04. The number of likely N-dealkylation sites (N-methyl/N-ethyl adjacent to an activating group) is 1. The molecule has 0 bridgehead atoms. The summed E-state index contributed by atoms with van der Waals surface area (Å²) in [6.07, 6.45) is 3.18. The van der Waals surface area contributed by atoms with Gasteiger partial charge in [0.2, 0.25) is 5.91 Å². The second-order valence-electron chi connectivity index (χ2n) is 5.27. The van der Waals surface area contributed by atoms with Crippen molar-refractivity contribution in [2.45, 2.75) is 6.04 Å². The van der Waals surface area contributed by atoms with E-state index >= 15 is 0 Å². The van der Waals surface area contributed by atoms with Crippen molar-refractivity contribution in [2.24, 2.45) is 5.73 Å².